The van der Waals surface area contributed by atoms with Crippen LogP contribution in [0.4, 0.5) is 5.82 Å². The Morgan fingerprint density at radius 1 is 1.58 bits per heavy atom. The average Bonchev–Trinajstić information content (AvgIpc) is 2.77. The van der Waals surface area contributed by atoms with Gasteiger partial charge >= 0.3 is 5.69 Å². The van der Waals surface area contributed by atoms with Crippen molar-refractivity contribution in [2.45, 2.75) is 45.6 Å². The first-order valence-corrected chi connectivity index (χ1v) is 6.32. The van der Waals surface area contributed by atoms with Crippen molar-refractivity contribution >= 4 is 5.82 Å². The van der Waals surface area contributed by atoms with Gasteiger partial charge in [0.05, 0.1) is 12.7 Å². The molecule has 0 spiro atoms. The van der Waals surface area contributed by atoms with Crippen LogP contribution in [0.2, 0.25) is 0 Å². The highest BCUT2D eigenvalue weighted by atomic mass is 16.5. The fourth-order valence-electron chi connectivity index (χ4n) is 1.84. The number of anilines is 1. The summed E-state index contributed by atoms with van der Waals surface area (Å²) in [6, 6.07) is 0. The number of aliphatic hydroxyl groups excluding tert-OH is 2. The summed E-state index contributed by atoms with van der Waals surface area (Å²) in [4.78, 5) is 15.3. The Hall–Kier alpha value is -1.44. The van der Waals surface area contributed by atoms with Gasteiger partial charge < -0.3 is 20.7 Å². The Bertz CT molecular complexity index is 475. The number of aromatic nitrogens is 2. The number of aryl methyl sites for hydroxylation is 1. The monoisotopic (exact) mass is 271 g/mol. The number of nitrogens with zero attached hydrogens (tertiary/aromatic N) is 2. The van der Waals surface area contributed by atoms with Crippen molar-refractivity contribution in [3.63, 3.8) is 0 Å². The third-order valence-corrected chi connectivity index (χ3v) is 2.87. The lowest BCUT2D eigenvalue weighted by Crippen LogP contribution is -2.28. The molecular weight excluding hydrogens is 250 g/mol. The molecule has 7 heteroatoms. The standard InChI is InChI=1S/C10H15N3O4.C2H6/c1-5-3-13(10(16)12-9(5)11)8-2-6(15)7(4-14)17-8;1-2/h3,6-8,14-15H,2,4H2,1H3,(H2,11,12,16);1-2H3/t6?,7?,8-;/m1./s1. The molecule has 19 heavy (non-hydrogen) atoms. The molecule has 2 unspecified atom stereocenters. The molecule has 7 nitrogen and oxygen atoms in total. The number of rotatable bonds is 2. The molecule has 1 aromatic heterocycles. The first-order valence-electron chi connectivity index (χ1n) is 6.32. The molecule has 1 aromatic rings. The van der Waals surface area contributed by atoms with Gasteiger partial charge in [0, 0.05) is 18.2 Å². The van der Waals surface area contributed by atoms with Gasteiger partial charge in [0.15, 0.2) is 0 Å². The van der Waals surface area contributed by atoms with Gasteiger partial charge in [-0.1, -0.05) is 13.8 Å². The summed E-state index contributed by atoms with van der Waals surface area (Å²) >= 11 is 0. The van der Waals surface area contributed by atoms with Crippen LogP contribution < -0.4 is 11.4 Å². The smallest absolute Gasteiger partial charge is 0.351 e. The highest BCUT2D eigenvalue weighted by molar-refractivity contribution is 5.35. The summed E-state index contributed by atoms with van der Waals surface area (Å²) in [7, 11) is 0. The molecule has 2 rings (SSSR count). The number of nitrogens with two attached hydrogens (primary N) is 1. The molecule has 4 N–H and O–H groups in total. The van der Waals surface area contributed by atoms with Crippen LogP contribution in [0, 0.1) is 6.92 Å². The Morgan fingerprint density at radius 3 is 2.74 bits per heavy atom. The minimum Gasteiger partial charge on any atom is -0.394 e. The van der Waals surface area contributed by atoms with Crippen LogP contribution in [0.5, 0.6) is 0 Å². The van der Waals surface area contributed by atoms with E-state index in [1.165, 1.54) is 4.57 Å². The van der Waals surface area contributed by atoms with Crippen LogP contribution in [0.1, 0.15) is 32.1 Å². The summed E-state index contributed by atoms with van der Waals surface area (Å²) in [5.74, 6) is 0.184. The molecule has 0 aliphatic carbocycles. The molecule has 0 amide bonds. The summed E-state index contributed by atoms with van der Waals surface area (Å²) in [6.45, 7) is 5.45. The Balaban J connectivity index is 0.000000861. The molecule has 1 aliphatic rings. The largest absolute Gasteiger partial charge is 0.394 e. The van der Waals surface area contributed by atoms with E-state index in [9.17, 15) is 9.90 Å². The molecule has 1 fully saturated rings. The highest BCUT2D eigenvalue weighted by Gasteiger charge is 2.35. The van der Waals surface area contributed by atoms with Crippen LogP contribution in [0.25, 0.3) is 0 Å². The van der Waals surface area contributed by atoms with Crippen LogP contribution in [0.3, 0.4) is 0 Å². The topological polar surface area (TPSA) is 111 Å². The minimum atomic E-state index is -0.783. The van der Waals surface area contributed by atoms with Crippen LogP contribution >= 0.6 is 0 Å². The van der Waals surface area contributed by atoms with Gasteiger partial charge in [-0.15, -0.1) is 0 Å². The first-order chi connectivity index (χ1) is 9.02. The van der Waals surface area contributed by atoms with E-state index in [1.807, 2.05) is 13.8 Å². The van der Waals surface area contributed by atoms with Gasteiger partial charge in [0.2, 0.25) is 0 Å². The molecule has 1 saturated heterocycles. The van der Waals surface area contributed by atoms with Crippen molar-refractivity contribution in [3.05, 3.63) is 22.2 Å². The van der Waals surface area contributed by atoms with Crippen molar-refractivity contribution < 1.29 is 14.9 Å². The molecule has 0 radical (unpaired) electrons. The fourth-order valence-corrected chi connectivity index (χ4v) is 1.84. The van der Waals surface area contributed by atoms with E-state index in [2.05, 4.69) is 4.98 Å². The van der Waals surface area contributed by atoms with Crippen LogP contribution in [-0.4, -0.2) is 38.6 Å². The van der Waals surface area contributed by atoms with Gasteiger partial charge in [-0.3, -0.25) is 4.57 Å². The Labute approximate surface area is 111 Å². The minimum absolute atomic E-state index is 0.184. The second-order valence-corrected chi connectivity index (χ2v) is 4.11. The predicted molar refractivity (Wildman–Crippen MR) is 70.6 cm³/mol. The summed E-state index contributed by atoms with van der Waals surface area (Å²) in [5.41, 5.74) is 5.65. The fraction of sp³-hybridized carbons (Fsp3) is 0.667. The molecule has 0 saturated carbocycles. The first kappa shape index (κ1) is 15.6. The second kappa shape index (κ2) is 6.65. The second-order valence-electron chi connectivity index (χ2n) is 4.11. The molecule has 0 bridgehead atoms. The summed E-state index contributed by atoms with van der Waals surface area (Å²) in [5, 5.41) is 18.6. The zero-order valence-corrected chi connectivity index (χ0v) is 11.4. The van der Waals surface area contributed by atoms with Crippen molar-refractivity contribution in [2.24, 2.45) is 0 Å². The third kappa shape index (κ3) is 3.31. The SMILES string of the molecule is CC.Cc1cn([C@H]2CC(O)C(CO)O2)c(=O)nc1N. The molecule has 1 aliphatic heterocycles. The molecule has 3 atom stereocenters. The quantitative estimate of drug-likeness (QED) is 0.687. The number of hydrogen-bond donors (Lipinski definition) is 3. The van der Waals surface area contributed by atoms with E-state index >= 15 is 0 Å². The third-order valence-electron chi connectivity index (χ3n) is 2.87. The summed E-state index contributed by atoms with van der Waals surface area (Å²) in [6.07, 6.45) is -0.265. The van der Waals surface area contributed by atoms with Gasteiger partial charge in [-0.05, 0) is 6.92 Å². The molecule has 0 aromatic carbocycles. The zero-order chi connectivity index (χ0) is 14.6. The van der Waals surface area contributed by atoms with Crippen molar-refractivity contribution in [2.75, 3.05) is 12.3 Å². The van der Waals surface area contributed by atoms with E-state index in [-0.39, 0.29) is 18.8 Å². The lowest BCUT2D eigenvalue weighted by Gasteiger charge is -2.15. The number of nitrogen functional groups attached to an aromatic ring is 1. The number of aliphatic hydroxyl groups is 2. The van der Waals surface area contributed by atoms with Crippen LogP contribution in [0.15, 0.2) is 11.0 Å². The Morgan fingerprint density at radius 2 is 2.21 bits per heavy atom. The molecule has 2 heterocycles. The van der Waals surface area contributed by atoms with Crippen LogP contribution in [-0.2, 0) is 4.74 Å². The zero-order valence-electron chi connectivity index (χ0n) is 11.4. The predicted octanol–water partition coefficient (Wildman–Crippen LogP) is -0.199. The molecule has 108 valence electrons. The lowest BCUT2D eigenvalue weighted by molar-refractivity contribution is -0.0459. The lowest BCUT2D eigenvalue weighted by atomic mass is 10.2. The van der Waals surface area contributed by atoms with E-state index in [1.54, 1.807) is 13.1 Å². The maximum Gasteiger partial charge on any atom is 0.351 e. The summed E-state index contributed by atoms with van der Waals surface area (Å²) < 4.78 is 6.65. The number of ether oxygens (including phenoxy) is 1. The van der Waals surface area contributed by atoms with Gasteiger partial charge in [-0.25, -0.2) is 4.79 Å². The van der Waals surface area contributed by atoms with Crippen molar-refractivity contribution in [3.8, 4) is 0 Å². The molecular formula is C12H21N3O4. The Kier molecular flexibility index (Phi) is 5.46. The number of hydrogen-bond acceptors (Lipinski definition) is 6. The van der Waals surface area contributed by atoms with Gasteiger partial charge in [0.1, 0.15) is 18.1 Å². The average molecular weight is 271 g/mol. The van der Waals surface area contributed by atoms with E-state index < -0.39 is 24.1 Å². The normalized spacial score (nSPS) is 25.8. The van der Waals surface area contributed by atoms with Crippen molar-refractivity contribution in [1.29, 1.82) is 0 Å². The van der Waals surface area contributed by atoms with E-state index in [0.29, 0.717) is 5.56 Å². The maximum atomic E-state index is 11.6. The van der Waals surface area contributed by atoms with Gasteiger partial charge in [0.25, 0.3) is 0 Å². The highest BCUT2D eigenvalue weighted by Crippen LogP contribution is 2.27. The van der Waals surface area contributed by atoms with Crippen molar-refractivity contribution in [1.82, 2.24) is 9.55 Å². The van der Waals surface area contributed by atoms with Gasteiger partial charge in [-0.2, -0.15) is 4.98 Å². The maximum absolute atomic E-state index is 11.6. The van der Waals surface area contributed by atoms with E-state index in [4.69, 9.17) is 15.6 Å². The van der Waals surface area contributed by atoms with E-state index in [0.717, 1.165) is 0 Å².